The summed E-state index contributed by atoms with van der Waals surface area (Å²) in [5, 5.41) is 0. The predicted molar refractivity (Wildman–Crippen MR) is 74.5 cm³/mol. The van der Waals surface area contributed by atoms with E-state index >= 15 is 0 Å². The standard InChI is InChI=1S/C15H28N2O/c1-16(12-13-17-10-6-3-7-11-17)15(18)14-8-4-2-5-9-14/h14H,2-13H2,1H3. The lowest BCUT2D eigenvalue weighted by molar-refractivity contribution is -0.135. The van der Waals surface area contributed by atoms with Gasteiger partial charge >= 0.3 is 0 Å². The molecule has 0 bridgehead atoms. The summed E-state index contributed by atoms with van der Waals surface area (Å²) in [6.45, 7) is 4.43. The maximum absolute atomic E-state index is 12.3. The number of nitrogens with zero attached hydrogens (tertiary/aromatic N) is 2. The van der Waals surface area contributed by atoms with Gasteiger partial charge in [-0.3, -0.25) is 4.79 Å². The zero-order valence-electron chi connectivity index (χ0n) is 11.9. The number of carbonyl (C=O) groups excluding carboxylic acids is 1. The van der Waals surface area contributed by atoms with Crippen molar-refractivity contribution >= 4 is 5.91 Å². The first-order valence-electron chi connectivity index (χ1n) is 7.75. The third kappa shape index (κ3) is 3.98. The number of hydrogen-bond donors (Lipinski definition) is 0. The molecule has 2 fully saturated rings. The van der Waals surface area contributed by atoms with E-state index < -0.39 is 0 Å². The van der Waals surface area contributed by atoms with E-state index in [0.29, 0.717) is 11.8 Å². The van der Waals surface area contributed by atoms with Gasteiger partial charge in [0.25, 0.3) is 0 Å². The second kappa shape index (κ2) is 7.13. The highest BCUT2D eigenvalue weighted by Crippen LogP contribution is 2.25. The van der Waals surface area contributed by atoms with Crippen LogP contribution >= 0.6 is 0 Å². The van der Waals surface area contributed by atoms with Crippen molar-refractivity contribution in [1.82, 2.24) is 9.80 Å². The first-order valence-corrected chi connectivity index (χ1v) is 7.75. The van der Waals surface area contributed by atoms with Gasteiger partial charge in [-0.1, -0.05) is 25.7 Å². The molecule has 0 atom stereocenters. The number of likely N-dealkylation sites (N-methyl/N-ethyl adjacent to an activating group) is 1. The van der Waals surface area contributed by atoms with E-state index in [0.717, 1.165) is 25.9 Å². The van der Waals surface area contributed by atoms with Crippen LogP contribution < -0.4 is 0 Å². The molecule has 104 valence electrons. The third-order valence-corrected chi connectivity index (χ3v) is 4.53. The number of piperidine rings is 1. The van der Waals surface area contributed by atoms with Gasteiger partial charge in [0.1, 0.15) is 0 Å². The van der Waals surface area contributed by atoms with Crippen LogP contribution in [0.4, 0.5) is 0 Å². The fraction of sp³-hybridized carbons (Fsp3) is 0.933. The maximum atomic E-state index is 12.3. The molecule has 3 heteroatoms. The maximum Gasteiger partial charge on any atom is 0.225 e. The molecule has 0 spiro atoms. The van der Waals surface area contributed by atoms with Crippen LogP contribution in [0.3, 0.4) is 0 Å². The van der Waals surface area contributed by atoms with Gasteiger partial charge in [-0.05, 0) is 38.8 Å². The van der Waals surface area contributed by atoms with E-state index in [-0.39, 0.29) is 0 Å². The number of hydrogen-bond acceptors (Lipinski definition) is 2. The van der Waals surface area contributed by atoms with E-state index in [1.165, 1.54) is 51.6 Å². The first kappa shape index (κ1) is 13.9. The van der Waals surface area contributed by atoms with Crippen LogP contribution in [0.25, 0.3) is 0 Å². The minimum atomic E-state index is 0.324. The highest BCUT2D eigenvalue weighted by molar-refractivity contribution is 5.78. The average Bonchev–Trinajstić information content (AvgIpc) is 2.46. The zero-order valence-corrected chi connectivity index (χ0v) is 11.9. The monoisotopic (exact) mass is 252 g/mol. The molecule has 1 saturated heterocycles. The van der Waals surface area contributed by atoms with E-state index in [1.807, 2.05) is 11.9 Å². The van der Waals surface area contributed by atoms with Crippen LogP contribution in [0.1, 0.15) is 51.4 Å². The average molecular weight is 252 g/mol. The van der Waals surface area contributed by atoms with Crippen molar-refractivity contribution in [3.05, 3.63) is 0 Å². The largest absolute Gasteiger partial charge is 0.344 e. The lowest BCUT2D eigenvalue weighted by Crippen LogP contribution is -2.41. The highest BCUT2D eigenvalue weighted by Gasteiger charge is 2.24. The van der Waals surface area contributed by atoms with Crippen molar-refractivity contribution in [2.24, 2.45) is 5.92 Å². The molecule has 0 unspecified atom stereocenters. The van der Waals surface area contributed by atoms with Crippen molar-refractivity contribution in [2.45, 2.75) is 51.4 Å². The molecule has 18 heavy (non-hydrogen) atoms. The van der Waals surface area contributed by atoms with Crippen LogP contribution in [0.2, 0.25) is 0 Å². The van der Waals surface area contributed by atoms with Gasteiger partial charge in [0, 0.05) is 26.1 Å². The molecular weight excluding hydrogens is 224 g/mol. The molecule has 0 aromatic carbocycles. The summed E-state index contributed by atoms with van der Waals surface area (Å²) < 4.78 is 0. The number of likely N-dealkylation sites (tertiary alicyclic amines) is 1. The van der Waals surface area contributed by atoms with Crippen LogP contribution in [-0.2, 0) is 4.79 Å². The molecule has 0 aromatic heterocycles. The smallest absolute Gasteiger partial charge is 0.225 e. The molecular formula is C15H28N2O. The molecule has 0 aromatic rings. The molecule has 0 radical (unpaired) electrons. The number of carbonyl (C=O) groups is 1. The molecule has 1 aliphatic heterocycles. The van der Waals surface area contributed by atoms with Crippen LogP contribution in [0.5, 0.6) is 0 Å². The molecule has 2 aliphatic rings. The van der Waals surface area contributed by atoms with Crippen molar-refractivity contribution in [1.29, 1.82) is 0 Å². The fourth-order valence-electron chi connectivity index (χ4n) is 3.25. The SMILES string of the molecule is CN(CCN1CCCCC1)C(=O)C1CCCCC1. The topological polar surface area (TPSA) is 23.6 Å². The molecule has 1 saturated carbocycles. The summed E-state index contributed by atoms with van der Waals surface area (Å²) in [5.41, 5.74) is 0. The fourth-order valence-corrected chi connectivity index (χ4v) is 3.25. The van der Waals surface area contributed by atoms with Gasteiger partial charge < -0.3 is 9.80 Å². The van der Waals surface area contributed by atoms with Crippen LogP contribution in [0, 0.1) is 5.92 Å². The minimum Gasteiger partial charge on any atom is -0.344 e. The second-order valence-corrected chi connectivity index (χ2v) is 6.00. The van der Waals surface area contributed by atoms with E-state index in [2.05, 4.69) is 4.90 Å². The number of rotatable bonds is 4. The minimum absolute atomic E-state index is 0.324. The molecule has 1 heterocycles. The van der Waals surface area contributed by atoms with Crippen molar-refractivity contribution in [3.8, 4) is 0 Å². The van der Waals surface area contributed by atoms with Gasteiger partial charge in [0.05, 0.1) is 0 Å². The van der Waals surface area contributed by atoms with E-state index in [9.17, 15) is 4.79 Å². The highest BCUT2D eigenvalue weighted by atomic mass is 16.2. The Morgan fingerprint density at radius 3 is 2.33 bits per heavy atom. The lowest BCUT2D eigenvalue weighted by atomic mass is 9.88. The van der Waals surface area contributed by atoms with Gasteiger partial charge in [-0.25, -0.2) is 0 Å². The molecule has 1 amide bonds. The summed E-state index contributed by atoms with van der Waals surface area (Å²) >= 11 is 0. The van der Waals surface area contributed by atoms with Crippen molar-refractivity contribution < 1.29 is 4.79 Å². The Balaban J connectivity index is 1.69. The van der Waals surface area contributed by atoms with E-state index in [4.69, 9.17) is 0 Å². The van der Waals surface area contributed by atoms with Crippen molar-refractivity contribution in [2.75, 3.05) is 33.2 Å². The van der Waals surface area contributed by atoms with Crippen LogP contribution in [-0.4, -0.2) is 48.9 Å². The molecule has 1 aliphatic carbocycles. The Morgan fingerprint density at radius 1 is 1.06 bits per heavy atom. The van der Waals surface area contributed by atoms with E-state index in [1.54, 1.807) is 0 Å². The summed E-state index contributed by atoms with van der Waals surface area (Å²) in [5.74, 6) is 0.719. The quantitative estimate of drug-likeness (QED) is 0.767. The zero-order chi connectivity index (χ0) is 12.8. The Bertz CT molecular complexity index is 255. The molecule has 2 rings (SSSR count). The molecule has 3 nitrogen and oxygen atoms in total. The van der Waals surface area contributed by atoms with Gasteiger partial charge in [-0.2, -0.15) is 0 Å². The lowest BCUT2D eigenvalue weighted by Gasteiger charge is -2.30. The Hall–Kier alpha value is -0.570. The second-order valence-electron chi connectivity index (χ2n) is 6.00. The summed E-state index contributed by atoms with van der Waals surface area (Å²) in [4.78, 5) is 16.8. The Kier molecular flexibility index (Phi) is 5.48. The Labute approximate surface area is 112 Å². The summed E-state index contributed by atoms with van der Waals surface area (Å²) in [6.07, 6.45) is 10.1. The van der Waals surface area contributed by atoms with Gasteiger partial charge in [-0.15, -0.1) is 0 Å². The Morgan fingerprint density at radius 2 is 1.67 bits per heavy atom. The normalized spacial score (nSPS) is 22.9. The summed E-state index contributed by atoms with van der Waals surface area (Å²) in [7, 11) is 1.99. The third-order valence-electron chi connectivity index (χ3n) is 4.53. The van der Waals surface area contributed by atoms with Gasteiger partial charge in [0.15, 0.2) is 0 Å². The van der Waals surface area contributed by atoms with Gasteiger partial charge in [0.2, 0.25) is 5.91 Å². The number of amides is 1. The molecule has 0 N–H and O–H groups in total. The van der Waals surface area contributed by atoms with Crippen LogP contribution in [0.15, 0.2) is 0 Å². The predicted octanol–water partition coefficient (Wildman–Crippen LogP) is 2.51. The first-order chi connectivity index (χ1) is 8.77. The summed E-state index contributed by atoms with van der Waals surface area (Å²) in [6, 6.07) is 0. The van der Waals surface area contributed by atoms with Crippen molar-refractivity contribution in [3.63, 3.8) is 0 Å².